The minimum absolute atomic E-state index is 0.626. The summed E-state index contributed by atoms with van der Waals surface area (Å²) in [5, 5.41) is 4.38. The van der Waals surface area contributed by atoms with Crippen LogP contribution in [0.4, 0.5) is 0 Å². The Labute approximate surface area is 128 Å². The van der Waals surface area contributed by atoms with E-state index in [1.165, 1.54) is 6.33 Å². The number of hydrogen-bond donors (Lipinski definition) is 1. The van der Waals surface area contributed by atoms with Gasteiger partial charge in [0.25, 0.3) is 0 Å². The van der Waals surface area contributed by atoms with Crippen molar-refractivity contribution < 1.29 is 0 Å². The van der Waals surface area contributed by atoms with Crippen molar-refractivity contribution in [2.45, 2.75) is 0 Å². The SMILES string of the molecule is Brc1ccc(-c2cnn(-c3ncnc4nc[nH]c34)c2)cc1. The molecule has 0 unspecified atom stereocenters. The van der Waals surface area contributed by atoms with Crippen LogP contribution in [0.3, 0.4) is 0 Å². The summed E-state index contributed by atoms with van der Waals surface area (Å²) in [6, 6.07) is 8.09. The third-order valence-electron chi connectivity index (χ3n) is 3.18. The first-order valence-electron chi connectivity index (χ1n) is 6.26. The highest BCUT2D eigenvalue weighted by Crippen LogP contribution is 2.23. The van der Waals surface area contributed by atoms with E-state index in [0.717, 1.165) is 21.1 Å². The van der Waals surface area contributed by atoms with Gasteiger partial charge in [0, 0.05) is 16.2 Å². The fourth-order valence-corrected chi connectivity index (χ4v) is 2.42. The van der Waals surface area contributed by atoms with E-state index in [-0.39, 0.29) is 0 Å². The van der Waals surface area contributed by atoms with Gasteiger partial charge in [-0.15, -0.1) is 0 Å². The highest BCUT2D eigenvalue weighted by Gasteiger charge is 2.10. The zero-order chi connectivity index (χ0) is 14.2. The number of nitrogens with zero attached hydrogens (tertiary/aromatic N) is 5. The Kier molecular flexibility index (Phi) is 2.78. The van der Waals surface area contributed by atoms with Gasteiger partial charge in [0.1, 0.15) is 11.8 Å². The average molecular weight is 341 g/mol. The molecule has 0 aliphatic carbocycles. The molecule has 6 nitrogen and oxygen atoms in total. The molecular weight excluding hydrogens is 332 g/mol. The zero-order valence-corrected chi connectivity index (χ0v) is 12.3. The lowest BCUT2D eigenvalue weighted by Crippen LogP contribution is -1.99. The van der Waals surface area contributed by atoms with E-state index in [9.17, 15) is 0 Å². The van der Waals surface area contributed by atoms with Crippen molar-refractivity contribution in [2.24, 2.45) is 0 Å². The number of halogens is 1. The normalized spacial score (nSPS) is 11.1. The van der Waals surface area contributed by atoms with Crippen molar-refractivity contribution in [1.29, 1.82) is 0 Å². The molecule has 1 N–H and O–H groups in total. The van der Waals surface area contributed by atoms with E-state index in [1.807, 2.05) is 36.7 Å². The van der Waals surface area contributed by atoms with Crippen LogP contribution >= 0.6 is 15.9 Å². The second-order valence-corrected chi connectivity index (χ2v) is 5.39. The fraction of sp³-hybridized carbons (Fsp3) is 0. The smallest absolute Gasteiger partial charge is 0.182 e. The minimum Gasteiger partial charge on any atom is -0.340 e. The molecule has 0 fully saturated rings. The van der Waals surface area contributed by atoms with E-state index >= 15 is 0 Å². The number of imidazole rings is 1. The largest absolute Gasteiger partial charge is 0.340 e. The number of hydrogen-bond acceptors (Lipinski definition) is 4. The number of fused-ring (bicyclic) bond motifs is 1. The van der Waals surface area contributed by atoms with Gasteiger partial charge >= 0.3 is 0 Å². The molecule has 0 aliphatic rings. The van der Waals surface area contributed by atoms with Crippen LogP contribution < -0.4 is 0 Å². The molecule has 4 rings (SSSR count). The molecule has 21 heavy (non-hydrogen) atoms. The molecule has 7 heteroatoms. The number of H-pyrrole nitrogens is 1. The lowest BCUT2D eigenvalue weighted by Gasteiger charge is -2.00. The average Bonchev–Trinajstić information content (AvgIpc) is 3.16. The van der Waals surface area contributed by atoms with E-state index in [2.05, 4.69) is 41.0 Å². The van der Waals surface area contributed by atoms with Crippen LogP contribution in [0.2, 0.25) is 0 Å². The van der Waals surface area contributed by atoms with Crippen molar-refractivity contribution in [2.75, 3.05) is 0 Å². The van der Waals surface area contributed by atoms with Crippen LogP contribution in [0.25, 0.3) is 28.1 Å². The molecule has 0 radical (unpaired) electrons. The van der Waals surface area contributed by atoms with E-state index in [4.69, 9.17) is 0 Å². The molecule has 0 bridgehead atoms. The van der Waals surface area contributed by atoms with Gasteiger partial charge in [-0.25, -0.2) is 19.6 Å². The molecule has 0 saturated carbocycles. The third kappa shape index (κ3) is 2.11. The Hall–Kier alpha value is -2.54. The van der Waals surface area contributed by atoms with Crippen LogP contribution in [0.1, 0.15) is 0 Å². The van der Waals surface area contributed by atoms with Crippen LogP contribution in [-0.2, 0) is 0 Å². The Morgan fingerprint density at radius 2 is 1.86 bits per heavy atom. The quantitative estimate of drug-likeness (QED) is 0.608. The summed E-state index contributed by atoms with van der Waals surface area (Å²) in [7, 11) is 0. The Morgan fingerprint density at radius 1 is 1.00 bits per heavy atom. The van der Waals surface area contributed by atoms with Gasteiger partial charge < -0.3 is 4.98 Å². The van der Waals surface area contributed by atoms with Crippen LogP contribution in [0.5, 0.6) is 0 Å². The maximum Gasteiger partial charge on any atom is 0.182 e. The van der Waals surface area contributed by atoms with Crippen molar-refractivity contribution >= 4 is 27.1 Å². The molecule has 0 atom stereocenters. The summed E-state index contributed by atoms with van der Waals surface area (Å²) in [5.41, 5.74) is 3.51. The summed E-state index contributed by atoms with van der Waals surface area (Å²) in [4.78, 5) is 15.5. The number of rotatable bonds is 2. The lowest BCUT2D eigenvalue weighted by molar-refractivity contribution is 0.848. The number of benzene rings is 1. The van der Waals surface area contributed by atoms with E-state index < -0.39 is 0 Å². The van der Waals surface area contributed by atoms with Crippen LogP contribution in [0, 0.1) is 0 Å². The maximum atomic E-state index is 4.38. The molecule has 3 aromatic heterocycles. The van der Waals surface area contributed by atoms with Crippen LogP contribution in [0.15, 0.2) is 53.8 Å². The van der Waals surface area contributed by atoms with Crippen molar-refractivity contribution in [1.82, 2.24) is 29.7 Å². The van der Waals surface area contributed by atoms with Gasteiger partial charge in [-0.05, 0) is 17.7 Å². The van der Waals surface area contributed by atoms with Crippen molar-refractivity contribution in [3.63, 3.8) is 0 Å². The summed E-state index contributed by atoms with van der Waals surface area (Å²) in [6.45, 7) is 0. The van der Waals surface area contributed by atoms with Gasteiger partial charge in [-0.1, -0.05) is 28.1 Å². The highest BCUT2D eigenvalue weighted by atomic mass is 79.9. The first-order chi connectivity index (χ1) is 10.3. The summed E-state index contributed by atoms with van der Waals surface area (Å²) in [6.07, 6.45) is 6.83. The van der Waals surface area contributed by atoms with Gasteiger partial charge in [-0.3, -0.25) is 0 Å². The van der Waals surface area contributed by atoms with Crippen molar-refractivity contribution in [3.05, 3.63) is 53.8 Å². The Morgan fingerprint density at radius 3 is 2.71 bits per heavy atom. The standard InChI is InChI=1S/C14H9BrN6/c15-11-3-1-9(2-4-11)10-5-20-21(6-10)14-12-13(17-7-16-12)18-8-19-14/h1-8H,(H,16,17,18,19). The van der Waals surface area contributed by atoms with Gasteiger partial charge in [-0.2, -0.15) is 5.10 Å². The molecular formula is C14H9BrN6. The molecule has 0 spiro atoms. The molecule has 1 aromatic carbocycles. The Bertz CT molecular complexity index is 909. The first kappa shape index (κ1) is 12.2. The summed E-state index contributed by atoms with van der Waals surface area (Å²) >= 11 is 3.43. The number of aromatic amines is 1. The first-order valence-corrected chi connectivity index (χ1v) is 7.05. The van der Waals surface area contributed by atoms with Gasteiger partial charge in [0.05, 0.1) is 12.5 Å². The lowest BCUT2D eigenvalue weighted by atomic mass is 10.1. The van der Waals surface area contributed by atoms with Crippen molar-refractivity contribution in [3.8, 4) is 16.9 Å². The molecule has 0 saturated heterocycles. The van der Waals surface area contributed by atoms with E-state index in [0.29, 0.717) is 11.5 Å². The fourth-order valence-electron chi connectivity index (χ4n) is 2.16. The van der Waals surface area contributed by atoms with Crippen LogP contribution in [-0.4, -0.2) is 29.7 Å². The third-order valence-corrected chi connectivity index (χ3v) is 3.71. The summed E-state index contributed by atoms with van der Waals surface area (Å²) in [5.74, 6) is 0.681. The minimum atomic E-state index is 0.626. The Balaban J connectivity index is 1.81. The second kappa shape index (κ2) is 4.78. The molecule has 3 heterocycles. The molecule has 102 valence electrons. The predicted octanol–water partition coefficient (Wildman–Crippen LogP) is 2.97. The number of aromatic nitrogens is 6. The molecule has 0 amide bonds. The molecule has 0 aliphatic heterocycles. The highest BCUT2D eigenvalue weighted by molar-refractivity contribution is 9.10. The predicted molar refractivity (Wildman–Crippen MR) is 81.9 cm³/mol. The molecule has 4 aromatic rings. The second-order valence-electron chi connectivity index (χ2n) is 4.48. The topological polar surface area (TPSA) is 72.3 Å². The maximum absolute atomic E-state index is 4.38. The summed E-state index contributed by atoms with van der Waals surface area (Å²) < 4.78 is 2.77. The van der Waals surface area contributed by atoms with Gasteiger partial charge in [0.2, 0.25) is 0 Å². The monoisotopic (exact) mass is 340 g/mol. The zero-order valence-electron chi connectivity index (χ0n) is 10.7. The number of nitrogens with one attached hydrogen (secondary N) is 1. The van der Waals surface area contributed by atoms with E-state index in [1.54, 1.807) is 11.0 Å². The van der Waals surface area contributed by atoms with Gasteiger partial charge in [0.15, 0.2) is 11.5 Å².